The third-order valence-corrected chi connectivity index (χ3v) is 3.52. The van der Waals surface area contributed by atoms with E-state index < -0.39 is 0 Å². The van der Waals surface area contributed by atoms with Gasteiger partial charge in [-0.3, -0.25) is 4.79 Å². The lowest BCUT2D eigenvalue weighted by Crippen LogP contribution is -2.18. The van der Waals surface area contributed by atoms with Crippen molar-refractivity contribution in [1.29, 1.82) is 0 Å². The highest BCUT2D eigenvalue weighted by Crippen LogP contribution is 2.23. The van der Waals surface area contributed by atoms with Gasteiger partial charge < -0.3 is 15.1 Å². The van der Waals surface area contributed by atoms with E-state index in [-0.39, 0.29) is 11.9 Å². The number of amides is 1. The maximum Gasteiger partial charge on any atom is 0.221 e. The molecule has 96 valence electrons. The van der Waals surface area contributed by atoms with Crippen molar-refractivity contribution in [2.75, 3.05) is 5.32 Å². The summed E-state index contributed by atoms with van der Waals surface area (Å²) in [5.74, 6) is 0.862. The molecule has 2 N–H and O–H groups in total. The van der Waals surface area contributed by atoms with Gasteiger partial charge in [0.05, 0.1) is 18.0 Å². The fourth-order valence-electron chi connectivity index (χ4n) is 1.66. The topological polar surface area (TPSA) is 54.3 Å². The molecule has 0 radical (unpaired) electrons. The molecule has 2 aromatic rings. The molecule has 4 nitrogen and oxygen atoms in total. The van der Waals surface area contributed by atoms with Crippen LogP contribution in [0.5, 0.6) is 0 Å². The molecule has 0 aliphatic carbocycles. The van der Waals surface area contributed by atoms with Crippen molar-refractivity contribution in [3.8, 4) is 0 Å². The van der Waals surface area contributed by atoms with E-state index >= 15 is 0 Å². The molecule has 18 heavy (non-hydrogen) atoms. The average Bonchev–Trinajstić information content (AvgIpc) is 2.95. The zero-order chi connectivity index (χ0) is 13.0. The Morgan fingerprint density at radius 1 is 1.50 bits per heavy atom. The maximum absolute atomic E-state index is 11.0. The summed E-state index contributed by atoms with van der Waals surface area (Å²) in [5.41, 5.74) is 0.881. The average molecular weight is 264 g/mol. The van der Waals surface area contributed by atoms with Gasteiger partial charge in [-0.15, -0.1) is 11.3 Å². The Bertz CT molecular complexity index is 505. The second kappa shape index (κ2) is 5.84. The van der Waals surface area contributed by atoms with E-state index in [4.69, 9.17) is 4.42 Å². The second-order valence-corrected chi connectivity index (χ2v) is 5.06. The van der Waals surface area contributed by atoms with Crippen molar-refractivity contribution in [2.24, 2.45) is 0 Å². The molecule has 0 bridgehead atoms. The summed E-state index contributed by atoms with van der Waals surface area (Å²) in [4.78, 5) is 12.2. The van der Waals surface area contributed by atoms with Crippen LogP contribution in [0.15, 0.2) is 34.3 Å². The van der Waals surface area contributed by atoms with Crippen LogP contribution in [0.25, 0.3) is 0 Å². The van der Waals surface area contributed by atoms with Crippen molar-refractivity contribution in [1.82, 2.24) is 5.32 Å². The number of carbonyl (C=O) groups is 1. The van der Waals surface area contributed by atoms with E-state index in [0.717, 1.165) is 16.3 Å². The Hall–Kier alpha value is -1.59. The SMILES string of the molecule is CC(=O)Nc1ccsc1CN[C@H](C)c1ccco1. The Labute approximate surface area is 110 Å². The van der Waals surface area contributed by atoms with Crippen LogP contribution in [0.2, 0.25) is 0 Å². The van der Waals surface area contributed by atoms with Gasteiger partial charge in [0.15, 0.2) is 0 Å². The summed E-state index contributed by atoms with van der Waals surface area (Å²) in [6, 6.07) is 5.88. The standard InChI is InChI=1S/C13H16N2O2S/c1-9(12-4-3-6-17-12)14-8-13-11(5-7-18-13)15-10(2)16/h3-7,9,14H,8H2,1-2H3,(H,15,16)/t9-/m1/s1. The molecule has 2 aromatic heterocycles. The van der Waals surface area contributed by atoms with Crippen molar-refractivity contribution < 1.29 is 9.21 Å². The van der Waals surface area contributed by atoms with Crippen molar-refractivity contribution in [2.45, 2.75) is 26.4 Å². The van der Waals surface area contributed by atoms with Gasteiger partial charge in [0.1, 0.15) is 5.76 Å². The molecule has 0 aromatic carbocycles. The van der Waals surface area contributed by atoms with Crippen LogP contribution in [0.1, 0.15) is 30.5 Å². The van der Waals surface area contributed by atoms with E-state index in [0.29, 0.717) is 6.54 Å². The fourth-order valence-corrected chi connectivity index (χ4v) is 2.44. The van der Waals surface area contributed by atoms with Crippen molar-refractivity contribution in [3.63, 3.8) is 0 Å². The highest BCUT2D eigenvalue weighted by molar-refractivity contribution is 7.10. The third-order valence-electron chi connectivity index (χ3n) is 2.59. The van der Waals surface area contributed by atoms with Gasteiger partial charge in [0, 0.05) is 18.3 Å². The molecule has 2 heterocycles. The van der Waals surface area contributed by atoms with Gasteiger partial charge in [0.25, 0.3) is 0 Å². The molecule has 0 fully saturated rings. The molecule has 1 amide bonds. The van der Waals surface area contributed by atoms with Crippen molar-refractivity contribution >= 4 is 22.9 Å². The zero-order valence-electron chi connectivity index (χ0n) is 10.4. The fraction of sp³-hybridized carbons (Fsp3) is 0.308. The second-order valence-electron chi connectivity index (χ2n) is 4.06. The predicted molar refractivity (Wildman–Crippen MR) is 72.6 cm³/mol. The maximum atomic E-state index is 11.0. The lowest BCUT2D eigenvalue weighted by Gasteiger charge is -2.11. The molecule has 1 atom stereocenters. The largest absolute Gasteiger partial charge is 0.468 e. The Balaban J connectivity index is 1.94. The summed E-state index contributed by atoms with van der Waals surface area (Å²) in [6.07, 6.45) is 1.67. The minimum absolute atomic E-state index is 0.0475. The van der Waals surface area contributed by atoms with Crippen LogP contribution in [0, 0.1) is 0 Å². The number of thiophene rings is 1. The third kappa shape index (κ3) is 3.21. The number of hydrogen-bond donors (Lipinski definition) is 2. The van der Waals surface area contributed by atoms with Crippen LogP contribution in [0.3, 0.4) is 0 Å². The molecular formula is C13H16N2O2S. The first-order chi connectivity index (χ1) is 8.66. The first-order valence-corrected chi connectivity index (χ1v) is 6.65. The summed E-state index contributed by atoms with van der Waals surface area (Å²) in [7, 11) is 0. The van der Waals surface area contributed by atoms with Crippen LogP contribution in [0.4, 0.5) is 5.69 Å². The summed E-state index contributed by atoms with van der Waals surface area (Å²) in [6.45, 7) is 4.26. The van der Waals surface area contributed by atoms with E-state index in [9.17, 15) is 4.79 Å². The number of furan rings is 1. The predicted octanol–water partition coefficient (Wildman–Crippen LogP) is 3.15. The van der Waals surface area contributed by atoms with Crippen LogP contribution < -0.4 is 10.6 Å². The smallest absolute Gasteiger partial charge is 0.221 e. The van der Waals surface area contributed by atoms with Gasteiger partial charge in [0.2, 0.25) is 5.91 Å². The molecule has 0 spiro atoms. The zero-order valence-corrected chi connectivity index (χ0v) is 11.2. The molecular weight excluding hydrogens is 248 g/mol. The molecule has 0 aliphatic heterocycles. The lowest BCUT2D eigenvalue weighted by molar-refractivity contribution is -0.114. The molecule has 0 saturated heterocycles. The summed E-state index contributed by atoms with van der Waals surface area (Å²) >= 11 is 1.62. The van der Waals surface area contributed by atoms with Crippen molar-refractivity contribution in [3.05, 3.63) is 40.5 Å². The normalized spacial score (nSPS) is 12.3. The van der Waals surface area contributed by atoms with Gasteiger partial charge in [-0.25, -0.2) is 0 Å². The van der Waals surface area contributed by atoms with E-state index in [1.807, 2.05) is 30.5 Å². The molecule has 5 heteroatoms. The quantitative estimate of drug-likeness (QED) is 0.872. The number of hydrogen-bond acceptors (Lipinski definition) is 4. The first kappa shape index (κ1) is 12.9. The highest BCUT2D eigenvalue weighted by atomic mass is 32.1. The number of rotatable bonds is 5. The first-order valence-electron chi connectivity index (χ1n) is 5.77. The molecule has 0 saturated carbocycles. The monoisotopic (exact) mass is 264 g/mol. The van der Waals surface area contributed by atoms with Crippen LogP contribution in [-0.4, -0.2) is 5.91 Å². The minimum atomic E-state index is -0.0475. The lowest BCUT2D eigenvalue weighted by atomic mass is 10.2. The van der Waals surface area contributed by atoms with Gasteiger partial charge in [-0.05, 0) is 30.5 Å². The van der Waals surface area contributed by atoms with Crippen LogP contribution in [-0.2, 0) is 11.3 Å². The Morgan fingerprint density at radius 3 is 3.00 bits per heavy atom. The number of carbonyl (C=O) groups excluding carboxylic acids is 1. The van der Waals surface area contributed by atoms with E-state index in [2.05, 4.69) is 10.6 Å². The number of nitrogens with one attached hydrogen (secondary N) is 2. The van der Waals surface area contributed by atoms with Gasteiger partial charge >= 0.3 is 0 Å². The molecule has 2 rings (SSSR count). The Kier molecular flexibility index (Phi) is 4.17. The summed E-state index contributed by atoms with van der Waals surface area (Å²) < 4.78 is 5.33. The molecule has 0 aliphatic rings. The highest BCUT2D eigenvalue weighted by Gasteiger charge is 2.10. The minimum Gasteiger partial charge on any atom is -0.468 e. The van der Waals surface area contributed by atoms with Gasteiger partial charge in [-0.2, -0.15) is 0 Å². The van der Waals surface area contributed by atoms with Crippen LogP contribution >= 0.6 is 11.3 Å². The van der Waals surface area contributed by atoms with E-state index in [1.54, 1.807) is 17.6 Å². The number of anilines is 1. The Morgan fingerprint density at radius 2 is 2.33 bits per heavy atom. The molecule has 0 unspecified atom stereocenters. The van der Waals surface area contributed by atoms with Gasteiger partial charge in [-0.1, -0.05) is 0 Å². The summed E-state index contributed by atoms with van der Waals surface area (Å²) in [5, 5.41) is 8.16. The van der Waals surface area contributed by atoms with E-state index in [1.165, 1.54) is 6.92 Å².